The van der Waals surface area contributed by atoms with Gasteiger partial charge in [-0.05, 0) is 49.4 Å². The predicted molar refractivity (Wildman–Crippen MR) is 139 cm³/mol. The van der Waals surface area contributed by atoms with Gasteiger partial charge in [-0.2, -0.15) is 4.57 Å². The minimum Gasteiger partial charge on any atom is -0.748 e. The number of aromatic nitrogens is 1. The first-order chi connectivity index (χ1) is 16.4. The Labute approximate surface area is 204 Å². The molecule has 0 atom stereocenters. The van der Waals surface area contributed by atoms with Crippen molar-refractivity contribution in [3.63, 3.8) is 0 Å². The maximum atomic E-state index is 11.3. The van der Waals surface area contributed by atoms with E-state index in [1.165, 1.54) is 21.9 Å². The summed E-state index contributed by atoms with van der Waals surface area (Å²) in [6.07, 6.45) is 2.45. The van der Waals surface area contributed by atoms with E-state index < -0.39 is 10.1 Å². The summed E-state index contributed by atoms with van der Waals surface area (Å²) in [6, 6.07) is 23.1. The molecule has 5 nitrogen and oxygen atoms in total. The van der Waals surface area contributed by atoms with E-state index >= 15 is 0 Å². The van der Waals surface area contributed by atoms with Crippen LogP contribution in [0.2, 0.25) is 0 Å². The highest BCUT2D eigenvalue weighted by Crippen LogP contribution is 2.50. The summed E-state index contributed by atoms with van der Waals surface area (Å²) in [5.41, 5.74) is 4.55. The quantitative estimate of drug-likeness (QED) is 0.265. The molecule has 2 heterocycles. The smallest absolute Gasteiger partial charge is 0.212 e. The number of fused-ring (bicyclic) bond motifs is 4. The Kier molecular flexibility index (Phi) is 6.10. The first-order valence-corrected chi connectivity index (χ1v) is 13.8. The first kappa shape index (κ1) is 22.9. The number of hydrogen-bond acceptors (Lipinski definition) is 5. The van der Waals surface area contributed by atoms with Crippen molar-refractivity contribution in [3.8, 4) is 0 Å². The average molecular weight is 491 g/mol. The molecule has 1 aliphatic heterocycles. The van der Waals surface area contributed by atoms with Crippen molar-refractivity contribution in [2.45, 2.75) is 31.7 Å². The van der Waals surface area contributed by atoms with Crippen molar-refractivity contribution in [2.75, 3.05) is 17.2 Å². The van der Waals surface area contributed by atoms with Gasteiger partial charge in [0.2, 0.25) is 11.2 Å². The highest BCUT2D eigenvalue weighted by Gasteiger charge is 2.29. The molecule has 0 aliphatic carbocycles. The average Bonchev–Trinajstić information content (AvgIpc) is 3.15. The number of para-hydroxylation sites is 1. The van der Waals surface area contributed by atoms with Gasteiger partial charge in [0.15, 0.2) is 0 Å². The number of aryl methyl sites for hydroxylation is 2. The molecule has 0 fully saturated rings. The van der Waals surface area contributed by atoms with Crippen LogP contribution in [0.3, 0.4) is 0 Å². The topological polar surface area (TPSA) is 64.3 Å². The Balaban J connectivity index is 1.64. The second-order valence-corrected chi connectivity index (χ2v) is 11.1. The van der Waals surface area contributed by atoms with Crippen LogP contribution in [0.1, 0.15) is 24.6 Å². The van der Waals surface area contributed by atoms with Crippen LogP contribution >= 0.6 is 11.8 Å². The van der Waals surface area contributed by atoms with Crippen LogP contribution in [0.5, 0.6) is 0 Å². The van der Waals surface area contributed by atoms with Crippen LogP contribution < -0.4 is 9.47 Å². The zero-order valence-corrected chi connectivity index (χ0v) is 20.8. The van der Waals surface area contributed by atoms with Gasteiger partial charge in [0.1, 0.15) is 6.54 Å². The van der Waals surface area contributed by atoms with E-state index in [1.807, 2.05) is 18.2 Å². The second kappa shape index (κ2) is 9.06. The minimum atomic E-state index is -4.26. The van der Waals surface area contributed by atoms with Crippen molar-refractivity contribution >= 4 is 55.3 Å². The molecule has 1 aromatic heterocycles. The molecule has 7 heteroatoms. The third-order valence-electron chi connectivity index (χ3n) is 6.28. The molecule has 174 valence electrons. The largest absolute Gasteiger partial charge is 0.748 e. The van der Waals surface area contributed by atoms with Gasteiger partial charge in [-0.1, -0.05) is 48.2 Å². The fourth-order valence-electron chi connectivity index (χ4n) is 4.76. The van der Waals surface area contributed by atoms with Crippen LogP contribution in [0, 0.1) is 6.92 Å². The van der Waals surface area contributed by atoms with Crippen molar-refractivity contribution in [1.82, 2.24) is 0 Å². The Morgan fingerprint density at radius 3 is 2.53 bits per heavy atom. The number of hydrogen-bond donors (Lipinski definition) is 0. The van der Waals surface area contributed by atoms with Crippen LogP contribution in [0.25, 0.3) is 27.8 Å². The maximum Gasteiger partial charge on any atom is 0.212 e. The van der Waals surface area contributed by atoms with E-state index in [0.717, 1.165) is 33.2 Å². The van der Waals surface area contributed by atoms with Gasteiger partial charge in [-0.3, -0.25) is 0 Å². The zero-order chi connectivity index (χ0) is 23.9. The Morgan fingerprint density at radius 1 is 1.03 bits per heavy atom. The molecule has 1 aliphatic rings. The fraction of sp³-hybridized carbons (Fsp3) is 0.222. The lowest BCUT2D eigenvalue weighted by Crippen LogP contribution is -2.37. The number of nitrogens with zero attached hydrogens (tertiary/aromatic N) is 2. The van der Waals surface area contributed by atoms with E-state index in [9.17, 15) is 13.0 Å². The molecule has 3 aromatic carbocycles. The third-order valence-corrected chi connectivity index (χ3v) is 8.14. The maximum absolute atomic E-state index is 11.3. The Bertz CT molecular complexity index is 1540. The van der Waals surface area contributed by atoms with Crippen molar-refractivity contribution < 1.29 is 17.5 Å². The number of benzene rings is 3. The Hall–Kier alpha value is -2.87. The van der Waals surface area contributed by atoms with Crippen LogP contribution in [-0.4, -0.2) is 25.3 Å². The van der Waals surface area contributed by atoms with E-state index in [0.29, 0.717) is 6.54 Å². The lowest BCUT2D eigenvalue weighted by atomic mass is 10.0. The van der Waals surface area contributed by atoms with Gasteiger partial charge in [0.25, 0.3) is 0 Å². The molecule has 0 saturated carbocycles. The van der Waals surface area contributed by atoms with Gasteiger partial charge < -0.3 is 9.45 Å². The highest BCUT2D eigenvalue weighted by atomic mass is 32.2. The predicted octanol–water partition coefficient (Wildman–Crippen LogP) is 5.45. The number of anilines is 1. The summed E-state index contributed by atoms with van der Waals surface area (Å²) in [7, 11) is -4.26. The van der Waals surface area contributed by atoms with Gasteiger partial charge in [-0.15, -0.1) is 0 Å². The molecule has 0 unspecified atom stereocenters. The second-order valence-electron chi connectivity index (χ2n) is 8.50. The van der Waals surface area contributed by atoms with Crippen molar-refractivity contribution in [2.24, 2.45) is 0 Å². The molecular weight excluding hydrogens is 464 g/mol. The fourth-order valence-corrected chi connectivity index (χ4v) is 6.49. The van der Waals surface area contributed by atoms with E-state index in [1.54, 1.807) is 11.8 Å². The van der Waals surface area contributed by atoms with Crippen LogP contribution in [-0.2, 0) is 16.7 Å². The highest BCUT2D eigenvalue weighted by molar-refractivity contribution is 8.04. The number of thioether (sulfide) groups is 1. The summed E-state index contributed by atoms with van der Waals surface area (Å²) in [6.45, 7) is 5.54. The molecule has 0 N–H and O–H groups in total. The lowest BCUT2D eigenvalue weighted by molar-refractivity contribution is -0.669. The molecule has 5 rings (SSSR count). The summed E-state index contributed by atoms with van der Waals surface area (Å²) < 4.78 is 36.2. The molecule has 0 amide bonds. The third kappa shape index (κ3) is 4.31. The molecule has 0 bridgehead atoms. The van der Waals surface area contributed by atoms with E-state index in [-0.39, 0.29) is 12.2 Å². The molecule has 0 saturated heterocycles. The normalized spacial score (nSPS) is 14.9. The molecule has 0 spiro atoms. The van der Waals surface area contributed by atoms with Gasteiger partial charge in [0, 0.05) is 46.2 Å². The standard InChI is InChI=1S/C27H26N2O3S2/c1-3-28-21(14-13-20-9-4-7-12-24(20)28)18-26-29(15-8-16-34(30,31)32)27-23-11-6-5-10-22(23)19(2)17-25(27)33-26/h4-7,9-14,17-18H,3,8,15-16H2,1-2H3. The van der Waals surface area contributed by atoms with E-state index in [4.69, 9.17) is 0 Å². The molecule has 34 heavy (non-hydrogen) atoms. The van der Waals surface area contributed by atoms with Crippen molar-refractivity contribution in [1.29, 1.82) is 0 Å². The zero-order valence-electron chi connectivity index (χ0n) is 19.2. The summed E-state index contributed by atoms with van der Waals surface area (Å²) in [5.74, 6) is -0.370. The van der Waals surface area contributed by atoms with E-state index in [2.05, 4.69) is 77.9 Å². The van der Waals surface area contributed by atoms with Gasteiger partial charge in [-0.25, -0.2) is 8.42 Å². The van der Waals surface area contributed by atoms with Gasteiger partial charge >= 0.3 is 0 Å². The van der Waals surface area contributed by atoms with Crippen molar-refractivity contribution in [3.05, 3.63) is 83.0 Å². The minimum absolute atomic E-state index is 0.275. The summed E-state index contributed by atoms with van der Waals surface area (Å²) in [4.78, 5) is 3.33. The monoisotopic (exact) mass is 490 g/mol. The van der Waals surface area contributed by atoms with Crippen LogP contribution in [0.4, 0.5) is 5.69 Å². The molecule has 4 aromatic rings. The first-order valence-electron chi connectivity index (χ1n) is 11.4. The molecule has 0 radical (unpaired) electrons. The Morgan fingerprint density at radius 2 is 1.76 bits per heavy atom. The summed E-state index contributed by atoms with van der Waals surface area (Å²) in [5, 5.41) is 4.54. The van der Waals surface area contributed by atoms with Crippen LogP contribution in [0.15, 0.2) is 76.7 Å². The molecular formula is C27H26N2O3S2. The summed E-state index contributed by atoms with van der Waals surface area (Å²) >= 11 is 1.70. The lowest BCUT2D eigenvalue weighted by Gasteiger charge is -2.22. The van der Waals surface area contributed by atoms with Gasteiger partial charge in [0.05, 0.1) is 20.8 Å². The number of rotatable bonds is 6. The SMILES string of the molecule is CC[n+]1c(/C=C2\Sc3cc(C)c4ccccc4c3N2CCCS(=O)(=O)[O-])ccc2ccccc21. The number of pyridine rings is 1.